The molecule has 114 valence electrons. The normalized spacial score (nSPS) is 11.6. The maximum atomic E-state index is 11.8. The van der Waals surface area contributed by atoms with Crippen molar-refractivity contribution in [3.63, 3.8) is 0 Å². The first-order valence-corrected chi connectivity index (χ1v) is 6.59. The minimum Gasteiger partial charge on any atom is -0.493 e. The number of ether oxygens (including phenoxy) is 2. The predicted molar refractivity (Wildman–Crippen MR) is 70.8 cm³/mol. The van der Waals surface area contributed by atoms with Crippen molar-refractivity contribution in [1.29, 1.82) is 0 Å². The van der Waals surface area contributed by atoms with Gasteiger partial charge < -0.3 is 14.8 Å². The van der Waals surface area contributed by atoms with Crippen LogP contribution in [0.5, 0.6) is 5.75 Å². The molecule has 3 nitrogen and oxygen atoms in total. The van der Waals surface area contributed by atoms with Crippen LogP contribution in [0.3, 0.4) is 0 Å². The minimum absolute atomic E-state index is 0.0366. The van der Waals surface area contributed by atoms with Crippen molar-refractivity contribution in [2.45, 2.75) is 26.1 Å². The summed E-state index contributed by atoms with van der Waals surface area (Å²) in [7, 11) is 0. The Morgan fingerprint density at radius 2 is 1.90 bits per heavy atom. The van der Waals surface area contributed by atoms with Gasteiger partial charge in [0.1, 0.15) is 12.4 Å². The van der Waals surface area contributed by atoms with E-state index >= 15 is 0 Å². The van der Waals surface area contributed by atoms with E-state index in [2.05, 4.69) is 10.1 Å². The van der Waals surface area contributed by atoms with E-state index in [1.54, 1.807) is 0 Å². The van der Waals surface area contributed by atoms with Crippen molar-refractivity contribution in [2.75, 3.05) is 26.4 Å². The van der Waals surface area contributed by atoms with Gasteiger partial charge in [0.15, 0.2) is 0 Å². The number of halogens is 3. The van der Waals surface area contributed by atoms with Gasteiger partial charge in [-0.3, -0.25) is 0 Å². The Hall–Kier alpha value is -1.27. The summed E-state index contributed by atoms with van der Waals surface area (Å²) < 4.78 is 45.6. The quantitative estimate of drug-likeness (QED) is 0.709. The predicted octanol–water partition coefficient (Wildman–Crippen LogP) is 3.14. The van der Waals surface area contributed by atoms with E-state index in [1.165, 1.54) is 0 Å². The molecule has 0 saturated heterocycles. The van der Waals surface area contributed by atoms with E-state index in [-0.39, 0.29) is 6.61 Å². The number of hydrogen-bond acceptors (Lipinski definition) is 3. The molecule has 0 aliphatic rings. The van der Waals surface area contributed by atoms with Crippen LogP contribution in [0.2, 0.25) is 0 Å². The van der Waals surface area contributed by atoms with Crippen LogP contribution in [-0.2, 0) is 11.3 Å². The molecular weight excluding hydrogens is 271 g/mol. The summed E-state index contributed by atoms with van der Waals surface area (Å²) in [6.07, 6.45) is -3.84. The number of benzene rings is 1. The molecule has 1 rings (SSSR count). The average Bonchev–Trinajstić information content (AvgIpc) is 2.40. The lowest BCUT2D eigenvalue weighted by Crippen LogP contribution is -2.18. The summed E-state index contributed by atoms with van der Waals surface area (Å²) in [6, 6.07) is 7.60. The third-order valence-electron chi connectivity index (χ3n) is 2.49. The largest absolute Gasteiger partial charge is 0.493 e. The molecule has 1 N–H and O–H groups in total. The van der Waals surface area contributed by atoms with Crippen LogP contribution in [0.4, 0.5) is 13.2 Å². The van der Waals surface area contributed by atoms with Crippen LogP contribution in [0, 0.1) is 0 Å². The Labute approximate surface area is 117 Å². The summed E-state index contributed by atoms with van der Waals surface area (Å²) in [5, 5.41) is 3.20. The SMILES string of the molecule is CCNCc1ccccc1OCCCOCC(F)(F)F. The summed E-state index contributed by atoms with van der Waals surface area (Å²) in [4.78, 5) is 0. The molecule has 0 amide bonds. The molecule has 1 aromatic rings. The van der Waals surface area contributed by atoms with Crippen LogP contribution in [0.15, 0.2) is 24.3 Å². The van der Waals surface area contributed by atoms with Gasteiger partial charge in [0.2, 0.25) is 0 Å². The zero-order valence-corrected chi connectivity index (χ0v) is 11.5. The van der Waals surface area contributed by atoms with E-state index in [0.29, 0.717) is 19.6 Å². The summed E-state index contributed by atoms with van der Waals surface area (Å²) in [5.41, 5.74) is 1.03. The Balaban J connectivity index is 2.24. The standard InChI is InChI=1S/C14H20F3NO2/c1-2-18-10-12-6-3-4-7-13(12)20-9-5-8-19-11-14(15,16)17/h3-4,6-7,18H,2,5,8-11H2,1H3. The average molecular weight is 291 g/mol. The van der Waals surface area contributed by atoms with Gasteiger partial charge in [0.05, 0.1) is 13.2 Å². The third-order valence-corrected chi connectivity index (χ3v) is 2.49. The number of alkyl halides is 3. The lowest BCUT2D eigenvalue weighted by molar-refractivity contribution is -0.174. The first kappa shape index (κ1) is 16.8. The molecule has 0 aliphatic heterocycles. The monoisotopic (exact) mass is 291 g/mol. The second kappa shape index (κ2) is 8.81. The van der Waals surface area contributed by atoms with Crippen molar-refractivity contribution in [1.82, 2.24) is 5.32 Å². The molecule has 6 heteroatoms. The van der Waals surface area contributed by atoms with Gasteiger partial charge in [0.25, 0.3) is 0 Å². The van der Waals surface area contributed by atoms with E-state index in [1.807, 2.05) is 31.2 Å². The fourth-order valence-electron chi connectivity index (χ4n) is 1.58. The fraction of sp³-hybridized carbons (Fsp3) is 0.571. The highest BCUT2D eigenvalue weighted by atomic mass is 19.4. The first-order chi connectivity index (χ1) is 9.53. The van der Waals surface area contributed by atoms with Gasteiger partial charge in [-0.2, -0.15) is 13.2 Å². The molecule has 0 saturated carbocycles. The Morgan fingerprint density at radius 3 is 2.60 bits per heavy atom. The summed E-state index contributed by atoms with van der Waals surface area (Å²) >= 11 is 0. The Bertz CT molecular complexity index is 383. The first-order valence-electron chi connectivity index (χ1n) is 6.59. The molecule has 0 heterocycles. The molecule has 0 aliphatic carbocycles. The molecule has 1 aromatic carbocycles. The third kappa shape index (κ3) is 7.35. The smallest absolute Gasteiger partial charge is 0.411 e. The second-order valence-corrected chi connectivity index (χ2v) is 4.26. The van der Waals surface area contributed by atoms with Crippen molar-refractivity contribution >= 4 is 0 Å². The summed E-state index contributed by atoms with van der Waals surface area (Å²) in [6.45, 7) is 2.75. The maximum Gasteiger partial charge on any atom is 0.411 e. The molecule has 0 unspecified atom stereocenters. The lowest BCUT2D eigenvalue weighted by Gasteiger charge is -2.12. The van der Waals surface area contributed by atoms with Gasteiger partial charge >= 0.3 is 6.18 Å². The molecule has 0 radical (unpaired) electrons. The number of para-hydroxylation sites is 1. The molecule has 0 spiro atoms. The molecule has 0 atom stereocenters. The van der Waals surface area contributed by atoms with Crippen molar-refractivity contribution in [3.05, 3.63) is 29.8 Å². The van der Waals surface area contributed by atoms with Crippen LogP contribution in [0.1, 0.15) is 18.9 Å². The van der Waals surface area contributed by atoms with Gasteiger partial charge in [0, 0.05) is 18.5 Å². The number of rotatable bonds is 9. The maximum absolute atomic E-state index is 11.8. The van der Waals surface area contributed by atoms with Crippen LogP contribution in [0.25, 0.3) is 0 Å². The highest BCUT2D eigenvalue weighted by Crippen LogP contribution is 2.18. The zero-order valence-electron chi connectivity index (χ0n) is 11.5. The van der Waals surface area contributed by atoms with Crippen molar-refractivity contribution in [2.24, 2.45) is 0 Å². The highest BCUT2D eigenvalue weighted by molar-refractivity contribution is 5.33. The van der Waals surface area contributed by atoms with Crippen LogP contribution >= 0.6 is 0 Å². The highest BCUT2D eigenvalue weighted by Gasteiger charge is 2.27. The molecular formula is C14H20F3NO2. The molecule has 0 aromatic heterocycles. The lowest BCUT2D eigenvalue weighted by atomic mass is 10.2. The van der Waals surface area contributed by atoms with Gasteiger partial charge in [-0.1, -0.05) is 25.1 Å². The van der Waals surface area contributed by atoms with Gasteiger partial charge in [-0.25, -0.2) is 0 Å². The van der Waals surface area contributed by atoms with Crippen molar-refractivity contribution in [3.8, 4) is 5.75 Å². The van der Waals surface area contributed by atoms with Crippen molar-refractivity contribution < 1.29 is 22.6 Å². The molecule has 0 bridgehead atoms. The minimum atomic E-state index is -4.26. The Kier molecular flexibility index (Phi) is 7.40. The summed E-state index contributed by atoms with van der Waals surface area (Å²) in [5.74, 6) is 0.754. The van der Waals surface area contributed by atoms with E-state index in [4.69, 9.17) is 4.74 Å². The van der Waals surface area contributed by atoms with Gasteiger partial charge in [-0.05, 0) is 12.6 Å². The molecule has 0 fully saturated rings. The van der Waals surface area contributed by atoms with E-state index < -0.39 is 12.8 Å². The van der Waals surface area contributed by atoms with Gasteiger partial charge in [-0.15, -0.1) is 0 Å². The Morgan fingerprint density at radius 1 is 1.15 bits per heavy atom. The van der Waals surface area contributed by atoms with E-state index in [9.17, 15) is 13.2 Å². The van der Waals surface area contributed by atoms with Crippen LogP contribution in [-0.4, -0.2) is 32.5 Å². The van der Waals surface area contributed by atoms with Crippen LogP contribution < -0.4 is 10.1 Å². The molecule has 20 heavy (non-hydrogen) atoms. The topological polar surface area (TPSA) is 30.5 Å². The number of nitrogens with one attached hydrogen (secondary N) is 1. The zero-order chi connectivity index (χ0) is 14.8. The van der Waals surface area contributed by atoms with E-state index in [0.717, 1.165) is 17.9 Å². The fourth-order valence-corrected chi connectivity index (χ4v) is 1.58. The number of hydrogen-bond donors (Lipinski definition) is 1. The second-order valence-electron chi connectivity index (χ2n) is 4.26.